The molecule has 1 spiro atoms. The summed E-state index contributed by atoms with van der Waals surface area (Å²) >= 11 is 0. The Hall–Kier alpha value is -2.11. The van der Waals surface area contributed by atoms with Crippen LogP contribution in [-0.4, -0.2) is 83.8 Å². The number of pyridine rings is 1. The fraction of sp³-hybridized carbons (Fsp3) is 0.767. The van der Waals surface area contributed by atoms with Gasteiger partial charge in [-0.2, -0.15) is 0 Å². The van der Waals surface area contributed by atoms with Gasteiger partial charge in [-0.3, -0.25) is 9.78 Å². The Balaban J connectivity index is 1.39. The number of aliphatic hydroxyl groups is 1. The first-order valence-corrected chi connectivity index (χ1v) is 14.6. The minimum atomic E-state index is -1.27. The fourth-order valence-electron chi connectivity index (χ4n) is 8.52. The minimum absolute atomic E-state index is 0.0339. The number of carbonyl (C=O) groups excluding carboxylic acids is 2. The minimum Gasteiger partial charge on any atom is -0.465 e. The molecule has 0 bridgehead atoms. The maximum absolute atomic E-state index is 13.4. The standard InChI is InChI=1S/C30H41NO9/c1-5-35-25-13-21-20(39-25)12-23(38-21)28(4)22-9-6-10-29(16-37-29)30(22,17-36-18(2)32)24(14-27(28,3)34)40-26(33)19-8-7-11-31-15-19/h7-8,11,15,20-25,34H,5-6,9-10,12-14,16-17H2,1-4H3/t20?,21?,22-,23+,24+,25-,27+,28+,29-,30?/m1/s1. The zero-order valence-electron chi connectivity index (χ0n) is 23.8. The van der Waals surface area contributed by atoms with Crippen LogP contribution in [-0.2, 0) is 33.2 Å². The number of nitrogens with zero attached hydrogens (tertiary/aromatic N) is 1. The van der Waals surface area contributed by atoms with Gasteiger partial charge in [0.1, 0.15) is 18.3 Å². The molecule has 3 saturated heterocycles. The molecule has 40 heavy (non-hydrogen) atoms. The van der Waals surface area contributed by atoms with Gasteiger partial charge in [-0.25, -0.2) is 4.79 Å². The van der Waals surface area contributed by atoms with E-state index in [1.165, 1.54) is 13.1 Å². The fourth-order valence-corrected chi connectivity index (χ4v) is 8.52. The summed E-state index contributed by atoms with van der Waals surface area (Å²) in [5.41, 5.74) is -3.19. The summed E-state index contributed by atoms with van der Waals surface area (Å²) in [6.07, 6.45) is 5.28. The highest BCUT2D eigenvalue weighted by Gasteiger charge is 2.79. The third kappa shape index (κ3) is 4.21. The molecule has 0 aromatic carbocycles. The number of rotatable bonds is 7. The molecule has 10 atom stereocenters. The molecular weight excluding hydrogens is 518 g/mol. The highest BCUT2D eigenvalue weighted by atomic mass is 16.7. The summed E-state index contributed by atoms with van der Waals surface area (Å²) < 4.78 is 36.9. The Kier molecular flexibility index (Phi) is 7.02. The Morgan fingerprint density at radius 2 is 1.98 bits per heavy atom. The van der Waals surface area contributed by atoms with Gasteiger partial charge in [0.2, 0.25) is 0 Å². The average molecular weight is 560 g/mol. The van der Waals surface area contributed by atoms with Crippen LogP contribution in [0.5, 0.6) is 0 Å². The molecule has 0 amide bonds. The predicted molar refractivity (Wildman–Crippen MR) is 140 cm³/mol. The molecule has 5 fully saturated rings. The number of esters is 2. The van der Waals surface area contributed by atoms with Gasteiger partial charge in [-0.05, 0) is 44.7 Å². The molecule has 220 valence electrons. The van der Waals surface area contributed by atoms with Gasteiger partial charge in [-0.1, -0.05) is 13.3 Å². The third-order valence-electron chi connectivity index (χ3n) is 10.7. The molecule has 1 aromatic heterocycles. The van der Waals surface area contributed by atoms with E-state index in [-0.39, 0.29) is 43.5 Å². The van der Waals surface area contributed by atoms with Crippen LogP contribution in [0.3, 0.4) is 0 Å². The van der Waals surface area contributed by atoms with Crippen molar-refractivity contribution in [2.75, 3.05) is 19.8 Å². The first-order chi connectivity index (χ1) is 19.1. The van der Waals surface area contributed by atoms with Crippen LogP contribution in [0.1, 0.15) is 76.6 Å². The maximum atomic E-state index is 13.4. The second-order valence-corrected chi connectivity index (χ2v) is 12.6. The molecule has 1 N–H and O–H groups in total. The molecule has 10 heteroatoms. The second-order valence-electron chi connectivity index (χ2n) is 12.6. The van der Waals surface area contributed by atoms with Gasteiger partial charge in [-0.15, -0.1) is 0 Å². The highest BCUT2D eigenvalue weighted by molar-refractivity contribution is 5.89. The molecular formula is C30H41NO9. The normalized spacial score (nSPS) is 45.5. The van der Waals surface area contributed by atoms with E-state index in [1.807, 2.05) is 13.8 Å². The summed E-state index contributed by atoms with van der Waals surface area (Å²) in [7, 11) is 0. The maximum Gasteiger partial charge on any atom is 0.340 e. The predicted octanol–water partition coefficient (Wildman–Crippen LogP) is 3.20. The molecule has 3 unspecified atom stereocenters. The zero-order chi connectivity index (χ0) is 28.3. The van der Waals surface area contributed by atoms with E-state index < -0.39 is 40.1 Å². The number of hydrogen-bond donors (Lipinski definition) is 1. The summed E-state index contributed by atoms with van der Waals surface area (Å²) in [5, 5.41) is 12.3. The molecule has 5 aliphatic rings. The smallest absolute Gasteiger partial charge is 0.340 e. The molecule has 1 aromatic rings. The van der Waals surface area contributed by atoms with Gasteiger partial charge in [0, 0.05) is 50.6 Å². The van der Waals surface area contributed by atoms with Gasteiger partial charge >= 0.3 is 11.9 Å². The lowest BCUT2D eigenvalue weighted by Crippen LogP contribution is -2.74. The molecule has 10 nitrogen and oxygen atoms in total. The van der Waals surface area contributed by atoms with Crippen LogP contribution >= 0.6 is 0 Å². The Bertz CT molecular complexity index is 1110. The van der Waals surface area contributed by atoms with Gasteiger partial charge < -0.3 is 33.5 Å². The highest BCUT2D eigenvalue weighted by Crippen LogP contribution is 2.71. The SMILES string of the molecule is CCO[C@H]1CC2O[C@H]([C@]3(C)[C@H]4CCC[C@@]5(CO5)C4(COC(C)=O)[C@@H](OC(=O)c4cccnc4)C[C@]3(C)O)CC2O1. The Morgan fingerprint density at radius 1 is 1.20 bits per heavy atom. The van der Waals surface area contributed by atoms with E-state index in [1.54, 1.807) is 18.3 Å². The van der Waals surface area contributed by atoms with Gasteiger partial charge in [0.15, 0.2) is 6.29 Å². The lowest BCUT2D eigenvalue weighted by atomic mass is 9.41. The summed E-state index contributed by atoms with van der Waals surface area (Å²) in [5.74, 6) is -1.16. The molecule has 0 radical (unpaired) electrons. The van der Waals surface area contributed by atoms with Crippen LogP contribution in [0.4, 0.5) is 0 Å². The van der Waals surface area contributed by atoms with Crippen molar-refractivity contribution in [3.8, 4) is 0 Å². The van der Waals surface area contributed by atoms with Crippen molar-refractivity contribution in [3.63, 3.8) is 0 Å². The Morgan fingerprint density at radius 3 is 2.62 bits per heavy atom. The van der Waals surface area contributed by atoms with E-state index in [0.717, 1.165) is 19.3 Å². The third-order valence-corrected chi connectivity index (χ3v) is 10.7. The number of aromatic nitrogens is 1. The van der Waals surface area contributed by atoms with Crippen molar-refractivity contribution in [1.82, 2.24) is 4.98 Å². The number of epoxide rings is 1. The lowest BCUT2D eigenvalue weighted by Gasteiger charge is -2.66. The van der Waals surface area contributed by atoms with Crippen molar-refractivity contribution >= 4 is 11.9 Å². The lowest BCUT2D eigenvalue weighted by molar-refractivity contribution is -0.286. The molecule has 3 aliphatic heterocycles. The van der Waals surface area contributed by atoms with Crippen molar-refractivity contribution in [1.29, 1.82) is 0 Å². The van der Waals surface area contributed by atoms with E-state index in [4.69, 9.17) is 28.4 Å². The van der Waals surface area contributed by atoms with Crippen LogP contribution in [0.2, 0.25) is 0 Å². The first kappa shape index (κ1) is 28.0. The largest absolute Gasteiger partial charge is 0.465 e. The first-order valence-electron chi connectivity index (χ1n) is 14.6. The number of fused-ring (bicyclic) bond motifs is 3. The van der Waals surface area contributed by atoms with Gasteiger partial charge in [0.25, 0.3) is 0 Å². The summed E-state index contributed by atoms with van der Waals surface area (Å²) in [6, 6.07) is 3.34. The van der Waals surface area contributed by atoms with Crippen LogP contribution in [0.25, 0.3) is 0 Å². The topological polar surface area (TPSA) is 126 Å². The Labute approximate surface area is 235 Å². The van der Waals surface area contributed by atoms with Crippen molar-refractivity contribution in [2.24, 2.45) is 16.7 Å². The second kappa shape index (κ2) is 10.0. The molecule has 2 saturated carbocycles. The van der Waals surface area contributed by atoms with E-state index in [9.17, 15) is 14.7 Å². The van der Waals surface area contributed by atoms with Crippen molar-refractivity contribution < 1.29 is 43.1 Å². The molecule has 6 rings (SSSR count). The quantitative estimate of drug-likeness (QED) is 0.393. The molecule has 4 heterocycles. The number of hydrogen-bond acceptors (Lipinski definition) is 10. The van der Waals surface area contributed by atoms with E-state index in [2.05, 4.69) is 11.9 Å². The number of ether oxygens (including phenoxy) is 6. The monoisotopic (exact) mass is 559 g/mol. The number of carbonyl (C=O) groups is 2. The molecule has 2 aliphatic carbocycles. The summed E-state index contributed by atoms with van der Waals surface area (Å²) in [6.45, 7) is 8.34. The van der Waals surface area contributed by atoms with Crippen molar-refractivity contribution in [3.05, 3.63) is 30.1 Å². The van der Waals surface area contributed by atoms with E-state index >= 15 is 0 Å². The van der Waals surface area contributed by atoms with Crippen LogP contribution in [0.15, 0.2) is 24.5 Å². The van der Waals surface area contributed by atoms with E-state index in [0.29, 0.717) is 31.6 Å². The van der Waals surface area contributed by atoms with Crippen LogP contribution in [0, 0.1) is 16.7 Å². The average Bonchev–Trinajstić information content (AvgIpc) is 3.42. The summed E-state index contributed by atoms with van der Waals surface area (Å²) in [4.78, 5) is 29.7. The van der Waals surface area contributed by atoms with Gasteiger partial charge in [0.05, 0.1) is 41.5 Å². The van der Waals surface area contributed by atoms with Crippen LogP contribution < -0.4 is 0 Å². The van der Waals surface area contributed by atoms with Crippen molar-refractivity contribution in [2.45, 2.75) is 108 Å². The zero-order valence-corrected chi connectivity index (χ0v) is 23.8.